The molecule has 0 atom stereocenters. The van der Waals surface area contributed by atoms with E-state index in [1.165, 1.54) is 116 Å². The number of benzene rings is 2. The molecule has 0 saturated carbocycles. The second-order valence-corrected chi connectivity index (χ2v) is 15.4. The van der Waals surface area contributed by atoms with E-state index in [9.17, 15) is 0 Å². The third-order valence-electron chi connectivity index (χ3n) is 8.55. The van der Waals surface area contributed by atoms with E-state index >= 15 is 0 Å². The molecule has 0 bridgehead atoms. The van der Waals surface area contributed by atoms with Crippen LogP contribution in [0.25, 0.3) is 0 Å². The molecule has 6 heteroatoms. The zero-order valence-corrected chi connectivity index (χ0v) is 33.3. The van der Waals surface area contributed by atoms with Crippen molar-refractivity contribution in [2.75, 3.05) is 23.8 Å². The van der Waals surface area contributed by atoms with E-state index in [0.29, 0.717) is 33.5 Å². The van der Waals surface area contributed by atoms with Crippen LogP contribution in [-0.2, 0) is 0 Å². The summed E-state index contributed by atoms with van der Waals surface area (Å²) in [5.74, 6) is 1.69. The topological polar surface area (TPSA) is 42.5 Å². The van der Waals surface area contributed by atoms with Crippen LogP contribution in [0.4, 0.5) is 11.4 Å². The standard InChI is InChI=1S/C17H20N2O2S.2C12H25.Al.H/c1-3-20-15-9-5-13(6-10-15)18-17(22)19-14-7-11-16(12-8-14)21-4-2;2*1-3-5-7-9-11-12-10-8-6-4-2;;/h5-12H,3-4H2,1-2H3,(H2,18,19,22);2*1,3-12H2,2H3;;. The van der Waals surface area contributed by atoms with Gasteiger partial charge in [0.1, 0.15) is 11.5 Å². The van der Waals surface area contributed by atoms with Gasteiger partial charge in [-0.3, -0.25) is 0 Å². The Balaban J connectivity index is 0.000000473. The van der Waals surface area contributed by atoms with E-state index in [1.807, 2.05) is 62.4 Å². The number of anilines is 2. The molecule has 0 aromatic heterocycles. The predicted molar refractivity (Wildman–Crippen MR) is 216 cm³/mol. The Morgan fingerprint density at radius 1 is 0.468 bits per heavy atom. The zero-order valence-electron chi connectivity index (χ0n) is 31.0. The van der Waals surface area contributed by atoms with Crippen molar-refractivity contribution in [2.45, 2.75) is 167 Å². The molecule has 0 aliphatic rings. The highest BCUT2D eigenvalue weighted by atomic mass is 32.1. The molecule has 2 rings (SSSR count). The van der Waals surface area contributed by atoms with Crippen LogP contribution in [0.1, 0.15) is 156 Å². The molecule has 0 unspecified atom stereocenters. The van der Waals surface area contributed by atoms with E-state index in [2.05, 4.69) is 24.5 Å². The lowest BCUT2D eigenvalue weighted by Crippen LogP contribution is -2.18. The van der Waals surface area contributed by atoms with Gasteiger partial charge in [-0.1, -0.05) is 153 Å². The number of rotatable bonds is 28. The molecule has 0 heterocycles. The molecule has 0 radical (unpaired) electrons. The largest absolute Gasteiger partial charge is 0.494 e. The van der Waals surface area contributed by atoms with Gasteiger partial charge in [0.05, 0.1) is 13.2 Å². The van der Waals surface area contributed by atoms with Crippen LogP contribution in [0.3, 0.4) is 0 Å². The van der Waals surface area contributed by atoms with Crippen molar-refractivity contribution in [2.24, 2.45) is 0 Å². The summed E-state index contributed by atoms with van der Waals surface area (Å²) in [7, 11) is 0. The lowest BCUT2D eigenvalue weighted by Gasteiger charge is -2.12. The fraction of sp³-hybridized carbons (Fsp3) is 0.683. The van der Waals surface area contributed by atoms with Gasteiger partial charge in [-0.15, -0.1) is 0 Å². The number of nitrogens with one attached hydrogen (secondary N) is 2. The maximum atomic E-state index is 5.40. The maximum Gasteiger partial charge on any atom is 0.236 e. The highest BCUT2D eigenvalue weighted by Crippen LogP contribution is 2.18. The molecule has 0 fully saturated rings. The minimum Gasteiger partial charge on any atom is -0.494 e. The van der Waals surface area contributed by atoms with E-state index in [0.717, 1.165) is 22.9 Å². The molecule has 0 spiro atoms. The fourth-order valence-electron chi connectivity index (χ4n) is 5.75. The second-order valence-electron chi connectivity index (χ2n) is 12.9. The zero-order chi connectivity index (χ0) is 34.0. The van der Waals surface area contributed by atoms with Crippen LogP contribution in [0.5, 0.6) is 11.5 Å². The molecule has 2 N–H and O–H groups in total. The fourth-order valence-corrected chi connectivity index (χ4v) is 7.76. The quantitative estimate of drug-likeness (QED) is 0.0531. The number of hydrogen-bond acceptors (Lipinski definition) is 3. The first-order chi connectivity index (χ1) is 23.1. The van der Waals surface area contributed by atoms with Crippen LogP contribution in [0.15, 0.2) is 48.5 Å². The molecule has 2 aromatic carbocycles. The Hall–Kier alpha value is -1.74. The summed E-state index contributed by atoms with van der Waals surface area (Å²) >= 11 is 5.61. The van der Waals surface area contributed by atoms with Gasteiger partial charge in [-0.2, -0.15) is 0 Å². The van der Waals surface area contributed by atoms with E-state index < -0.39 is 0 Å². The van der Waals surface area contributed by atoms with E-state index in [4.69, 9.17) is 21.7 Å². The van der Waals surface area contributed by atoms with Gasteiger partial charge in [-0.05, 0) is 74.6 Å². The molecule has 0 aliphatic carbocycles. The third kappa shape index (κ3) is 26.9. The first-order valence-corrected chi connectivity index (χ1v) is 22.1. The van der Waals surface area contributed by atoms with Gasteiger partial charge in [-0.25, -0.2) is 0 Å². The van der Waals surface area contributed by atoms with Crippen LogP contribution < -0.4 is 20.1 Å². The molecule has 47 heavy (non-hydrogen) atoms. The van der Waals surface area contributed by atoms with Gasteiger partial charge < -0.3 is 20.1 Å². The molecular weight excluding hydrogens is 612 g/mol. The van der Waals surface area contributed by atoms with Crippen molar-refractivity contribution in [1.29, 1.82) is 0 Å². The average Bonchev–Trinajstić information content (AvgIpc) is 3.08. The van der Waals surface area contributed by atoms with Crippen molar-refractivity contribution in [3.8, 4) is 11.5 Å². The lowest BCUT2D eigenvalue weighted by molar-refractivity contribution is 0.340. The van der Waals surface area contributed by atoms with E-state index in [1.54, 1.807) is 23.4 Å². The predicted octanol–water partition coefficient (Wildman–Crippen LogP) is 13.4. The number of thiocarbonyl (C=S) groups is 1. The third-order valence-corrected chi connectivity index (χ3v) is 10.8. The summed E-state index contributed by atoms with van der Waals surface area (Å²) in [6.45, 7) is 9.85. The number of unbranched alkanes of at least 4 members (excludes halogenated alkanes) is 18. The molecule has 266 valence electrons. The molecule has 0 aliphatic heterocycles. The minimum atomic E-state index is 0.304. The highest BCUT2D eigenvalue weighted by Gasteiger charge is 2.01. The first-order valence-electron chi connectivity index (χ1n) is 19.7. The molecule has 0 amide bonds. The Labute approximate surface area is 302 Å². The summed E-state index contributed by atoms with van der Waals surface area (Å²) in [6, 6.07) is 15.3. The number of hydrogen-bond donors (Lipinski definition) is 2. The van der Waals surface area contributed by atoms with Crippen molar-refractivity contribution in [3.05, 3.63) is 48.5 Å². The summed E-state index contributed by atoms with van der Waals surface area (Å²) in [4.78, 5) is 0. The summed E-state index contributed by atoms with van der Waals surface area (Å²) in [5, 5.41) is 10.1. The Bertz CT molecular complexity index is 879. The first kappa shape index (κ1) is 43.3. The Morgan fingerprint density at radius 2 is 0.766 bits per heavy atom. The van der Waals surface area contributed by atoms with Gasteiger partial charge in [0.15, 0.2) is 5.11 Å². The normalized spacial score (nSPS) is 10.6. The summed E-state index contributed by atoms with van der Waals surface area (Å²) < 4.78 is 10.8. The van der Waals surface area contributed by atoms with Crippen LogP contribution in [0.2, 0.25) is 10.6 Å². The maximum absolute atomic E-state index is 5.40. The Morgan fingerprint density at radius 3 is 1.06 bits per heavy atom. The van der Waals surface area contributed by atoms with Gasteiger partial charge in [0.25, 0.3) is 0 Å². The SMILES string of the molecule is CCCCCCCCCCC[CH2][AlH][CH2]CCCCCCCCCCC.CCOc1ccc(NC(=S)Nc2ccc(OCC)cc2)cc1. The minimum absolute atomic E-state index is 0.304. The number of ether oxygens (including phenoxy) is 2. The van der Waals surface area contributed by atoms with E-state index in [-0.39, 0.29) is 0 Å². The van der Waals surface area contributed by atoms with Gasteiger partial charge in [0, 0.05) is 11.4 Å². The Kier molecular flexibility index (Phi) is 30.2. The van der Waals surface area contributed by atoms with Crippen molar-refractivity contribution >= 4 is 43.9 Å². The van der Waals surface area contributed by atoms with Crippen LogP contribution >= 0.6 is 12.2 Å². The van der Waals surface area contributed by atoms with Crippen molar-refractivity contribution in [1.82, 2.24) is 0 Å². The molecule has 4 nitrogen and oxygen atoms in total. The smallest absolute Gasteiger partial charge is 0.236 e. The summed E-state index contributed by atoms with van der Waals surface area (Å²) in [5.41, 5.74) is 1.82. The van der Waals surface area contributed by atoms with Crippen molar-refractivity contribution in [3.63, 3.8) is 0 Å². The van der Waals surface area contributed by atoms with Crippen LogP contribution in [-0.4, -0.2) is 33.5 Å². The molecule has 0 saturated heterocycles. The van der Waals surface area contributed by atoms with Gasteiger partial charge in [0.2, 0.25) is 15.2 Å². The van der Waals surface area contributed by atoms with Crippen LogP contribution in [0, 0.1) is 0 Å². The lowest BCUT2D eigenvalue weighted by atomic mass is 10.1. The highest BCUT2D eigenvalue weighted by molar-refractivity contribution is 7.80. The monoisotopic (exact) mass is 683 g/mol. The molecule has 2 aromatic rings. The molecular formula is C41H71AlN2O2S. The van der Waals surface area contributed by atoms with Crippen molar-refractivity contribution < 1.29 is 9.47 Å². The average molecular weight is 683 g/mol. The van der Waals surface area contributed by atoms with Gasteiger partial charge >= 0.3 is 0 Å². The summed E-state index contributed by atoms with van der Waals surface area (Å²) in [6.07, 6.45) is 29.8. The second kappa shape index (κ2) is 32.8.